The van der Waals surface area contributed by atoms with Crippen LogP contribution in [0.1, 0.15) is 49.3 Å². The quantitative estimate of drug-likeness (QED) is 0.415. The van der Waals surface area contributed by atoms with Gasteiger partial charge < -0.3 is 20.7 Å². The fourth-order valence-corrected chi connectivity index (χ4v) is 4.67. The number of carbonyl (C=O) groups excluding carboxylic acids is 2. The molecule has 2 aromatic rings. The lowest BCUT2D eigenvalue weighted by Gasteiger charge is -2.28. The molecule has 1 saturated heterocycles. The van der Waals surface area contributed by atoms with Crippen molar-refractivity contribution in [1.82, 2.24) is 16.0 Å². The van der Waals surface area contributed by atoms with Gasteiger partial charge in [-0.1, -0.05) is 24.3 Å². The van der Waals surface area contributed by atoms with Gasteiger partial charge in [-0.3, -0.25) is 9.59 Å². The average Bonchev–Trinajstić information content (AvgIpc) is 3.66. The second kappa shape index (κ2) is 10.9. The summed E-state index contributed by atoms with van der Waals surface area (Å²) in [5.74, 6) is -0.865. The van der Waals surface area contributed by atoms with Crippen molar-refractivity contribution < 1.29 is 36.3 Å². The van der Waals surface area contributed by atoms with E-state index in [4.69, 9.17) is 0 Å². The lowest BCUT2D eigenvalue weighted by Crippen LogP contribution is -2.55. The van der Waals surface area contributed by atoms with Gasteiger partial charge in [0, 0.05) is 25.9 Å². The van der Waals surface area contributed by atoms with Crippen LogP contribution in [0.4, 0.5) is 22.0 Å². The lowest BCUT2D eigenvalue weighted by molar-refractivity contribution is -0.159. The first-order valence-electron chi connectivity index (χ1n) is 12.5. The van der Waals surface area contributed by atoms with Gasteiger partial charge in [-0.15, -0.1) is 0 Å². The third-order valence-corrected chi connectivity index (χ3v) is 6.87. The monoisotopic (exact) mass is 539 g/mol. The van der Waals surface area contributed by atoms with Crippen molar-refractivity contribution in [2.75, 3.05) is 13.1 Å². The molecule has 0 spiro atoms. The SMILES string of the molecule is CC(F)(F)Oc1ccc(C2(C(=O)NC(Cc3ccc(C(F)(F)F)cc3)C(=O)NC3CCCNC3)CC2)cc1. The van der Waals surface area contributed by atoms with E-state index in [1.165, 1.54) is 24.3 Å². The van der Waals surface area contributed by atoms with Crippen molar-refractivity contribution in [2.45, 2.75) is 68.8 Å². The molecular weight excluding hydrogens is 509 g/mol. The first-order valence-corrected chi connectivity index (χ1v) is 12.5. The normalized spacial score (nSPS) is 19.8. The van der Waals surface area contributed by atoms with Gasteiger partial charge in [-0.2, -0.15) is 22.0 Å². The number of amides is 2. The van der Waals surface area contributed by atoms with Crippen LogP contribution >= 0.6 is 0 Å². The Kier molecular flexibility index (Phi) is 7.96. The number of alkyl halides is 5. The average molecular weight is 540 g/mol. The van der Waals surface area contributed by atoms with Crippen LogP contribution in [0.15, 0.2) is 48.5 Å². The molecule has 2 amide bonds. The molecule has 1 saturated carbocycles. The molecule has 1 aliphatic heterocycles. The second-order valence-electron chi connectivity index (χ2n) is 9.99. The van der Waals surface area contributed by atoms with Crippen molar-refractivity contribution in [3.05, 3.63) is 65.2 Å². The van der Waals surface area contributed by atoms with Crippen molar-refractivity contribution in [3.63, 3.8) is 0 Å². The highest BCUT2D eigenvalue weighted by Gasteiger charge is 2.52. The van der Waals surface area contributed by atoms with Gasteiger partial charge in [0.25, 0.3) is 0 Å². The third kappa shape index (κ3) is 7.00. The molecule has 3 N–H and O–H groups in total. The molecule has 4 rings (SSSR count). The number of carbonyl (C=O) groups is 2. The van der Waals surface area contributed by atoms with E-state index >= 15 is 0 Å². The maximum atomic E-state index is 13.4. The summed E-state index contributed by atoms with van der Waals surface area (Å²) in [6.07, 6.45) is -5.16. The molecule has 11 heteroatoms. The highest BCUT2D eigenvalue weighted by Crippen LogP contribution is 2.49. The van der Waals surface area contributed by atoms with Crippen molar-refractivity contribution in [2.24, 2.45) is 0 Å². The van der Waals surface area contributed by atoms with Crippen LogP contribution in [-0.4, -0.2) is 43.1 Å². The topological polar surface area (TPSA) is 79.5 Å². The van der Waals surface area contributed by atoms with Gasteiger partial charge in [-0.25, -0.2) is 0 Å². The molecule has 2 aromatic carbocycles. The number of hydrogen-bond donors (Lipinski definition) is 3. The molecule has 2 aliphatic rings. The van der Waals surface area contributed by atoms with E-state index in [2.05, 4.69) is 20.7 Å². The van der Waals surface area contributed by atoms with Crippen LogP contribution in [0.3, 0.4) is 0 Å². The first kappa shape index (κ1) is 27.8. The number of halogens is 5. The zero-order valence-corrected chi connectivity index (χ0v) is 20.8. The summed E-state index contributed by atoms with van der Waals surface area (Å²) < 4.78 is 69.8. The van der Waals surface area contributed by atoms with Gasteiger partial charge in [0.05, 0.1) is 11.0 Å². The number of piperidine rings is 1. The number of benzene rings is 2. The minimum Gasteiger partial charge on any atom is -0.433 e. The standard InChI is InChI=1S/C27H30F5N3O3/c1-25(28,29)38-21-10-8-18(9-11-21)26(12-13-26)24(37)35-22(23(36)34-20-3-2-14-33-16-20)15-17-4-6-19(7-5-17)27(30,31)32/h4-11,20,22,33H,2-3,12-16H2,1H3,(H,34,36)(H,35,37). The Hall–Kier alpha value is -3.21. The molecule has 2 fully saturated rings. The number of rotatable bonds is 9. The maximum absolute atomic E-state index is 13.4. The highest BCUT2D eigenvalue weighted by atomic mass is 19.4. The Morgan fingerprint density at radius 1 is 1.05 bits per heavy atom. The van der Waals surface area contributed by atoms with Gasteiger partial charge in [-0.05, 0) is 67.6 Å². The van der Waals surface area contributed by atoms with Crippen LogP contribution in [0, 0.1) is 0 Å². The van der Waals surface area contributed by atoms with Crippen LogP contribution in [0.2, 0.25) is 0 Å². The summed E-state index contributed by atoms with van der Waals surface area (Å²) in [7, 11) is 0. The van der Waals surface area contributed by atoms with Crippen molar-refractivity contribution >= 4 is 11.8 Å². The lowest BCUT2D eigenvalue weighted by atomic mass is 9.93. The zero-order valence-electron chi connectivity index (χ0n) is 20.8. The largest absolute Gasteiger partial charge is 0.433 e. The van der Waals surface area contributed by atoms with E-state index < -0.39 is 41.1 Å². The molecule has 2 atom stereocenters. The summed E-state index contributed by atoms with van der Waals surface area (Å²) in [5, 5.41) is 8.94. The summed E-state index contributed by atoms with van der Waals surface area (Å²) in [6.45, 7) is 2.06. The number of nitrogens with one attached hydrogen (secondary N) is 3. The predicted octanol–water partition coefficient (Wildman–Crippen LogP) is 4.32. The Morgan fingerprint density at radius 3 is 2.24 bits per heavy atom. The second-order valence-corrected chi connectivity index (χ2v) is 9.99. The summed E-state index contributed by atoms with van der Waals surface area (Å²) in [5.41, 5.74) is -0.651. The van der Waals surface area contributed by atoms with E-state index in [0.717, 1.165) is 31.5 Å². The van der Waals surface area contributed by atoms with Crippen molar-refractivity contribution in [1.29, 1.82) is 0 Å². The number of ether oxygens (including phenoxy) is 1. The molecule has 206 valence electrons. The van der Waals surface area contributed by atoms with Crippen LogP contribution in [0.5, 0.6) is 5.75 Å². The van der Waals surface area contributed by atoms with Gasteiger partial charge in [0.15, 0.2) is 0 Å². The first-order chi connectivity index (χ1) is 17.9. The van der Waals surface area contributed by atoms with E-state index in [9.17, 15) is 31.5 Å². The molecular formula is C27H30F5N3O3. The smallest absolute Gasteiger partial charge is 0.416 e. The fraction of sp³-hybridized carbons (Fsp3) is 0.481. The fourth-order valence-electron chi connectivity index (χ4n) is 4.67. The molecule has 0 aromatic heterocycles. The van der Waals surface area contributed by atoms with E-state index in [1.54, 1.807) is 12.1 Å². The van der Waals surface area contributed by atoms with E-state index in [-0.39, 0.29) is 18.2 Å². The maximum Gasteiger partial charge on any atom is 0.416 e. The minimum atomic E-state index is -4.48. The van der Waals surface area contributed by atoms with Gasteiger partial charge in [0.2, 0.25) is 11.8 Å². The van der Waals surface area contributed by atoms with Crippen LogP contribution < -0.4 is 20.7 Å². The Labute approximate surface area is 217 Å². The molecule has 1 aliphatic carbocycles. The zero-order chi connectivity index (χ0) is 27.6. The molecule has 38 heavy (non-hydrogen) atoms. The Morgan fingerprint density at radius 2 is 1.71 bits per heavy atom. The van der Waals surface area contributed by atoms with Crippen LogP contribution in [0.25, 0.3) is 0 Å². The van der Waals surface area contributed by atoms with Crippen molar-refractivity contribution in [3.8, 4) is 5.75 Å². The Balaban J connectivity index is 1.50. The molecule has 0 bridgehead atoms. The van der Waals surface area contributed by atoms with Gasteiger partial charge >= 0.3 is 12.3 Å². The van der Waals surface area contributed by atoms with E-state index in [0.29, 0.717) is 37.4 Å². The van der Waals surface area contributed by atoms with Crippen LogP contribution in [-0.2, 0) is 27.6 Å². The molecule has 0 radical (unpaired) electrons. The Bertz CT molecular complexity index is 1120. The third-order valence-electron chi connectivity index (χ3n) is 6.87. The van der Waals surface area contributed by atoms with E-state index in [1.807, 2.05) is 0 Å². The molecule has 6 nitrogen and oxygen atoms in total. The highest BCUT2D eigenvalue weighted by molar-refractivity contribution is 5.95. The molecule has 1 heterocycles. The summed E-state index contributed by atoms with van der Waals surface area (Å²) >= 11 is 0. The minimum absolute atomic E-state index is 0.00427. The predicted molar refractivity (Wildman–Crippen MR) is 130 cm³/mol. The summed E-state index contributed by atoms with van der Waals surface area (Å²) in [6, 6.07) is 9.18. The number of hydrogen-bond acceptors (Lipinski definition) is 4. The summed E-state index contributed by atoms with van der Waals surface area (Å²) in [4.78, 5) is 26.6. The van der Waals surface area contributed by atoms with Gasteiger partial charge in [0.1, 0.15) is 11.8 Å². The molecule has 2 unspecified atom stereocenters.